The van der Waals surface area contributed by atoms with Crippen molar-refractivity contribution in [1.82, 2.24) is 0 Å². The van der Waals surface area contributed by atoms with E-state index < -0.39 is 0 Å². The zero-order valence-corrected chi connectivity index (χ0v) is 41.9. The first-order chi connectivity index (χ1) is 31.0. The minimum Gasteiger partial charge on any atom is -0.359 e. The van der Waals surface area contributed by atoms with Gasteiger partial charge in [-0.2, -0.15) is 0 Å². The smallest absolute Gasteiger partial charge is 0.247 e. The Kier molecular flexibility index (Phi) is 11.5. The Morgan fingerprint density at radius 2 is 1.45 bits per heavy atom. The lowest BCUT2D eigenvalue weighted by Crippen LogP contribution is -2.64. The predicted molar refractivity (Wildman–Crippen MR) is 283 cm³/mol. The van der Waals surface area contributed by atoms with Crippen molar-refractivity contribution in [3.63, 3.8) is 0 Å². The first-order valence-electron chi connectivity index (χ1n) is 26.1. The molecule has 2 aromatic carbocycles. The van der Waals surface area contributed by atoms with Crippen LogP contribution in [0.4, 0.5) is 17.1 Å². The molecule has 0 amide bonds. The van der Waals surface area contributed by atoms with Gasteiger partial charge in [-0.1, -0.05) is 185 Å². The summed E-state index contributed by atoms with van der Waals surface area (Å²) in [6, 6.07) is 13.6. The van der Waals surface area contributed by atoms with E-state index in [1.165, 1.54) is 102 Å². The molecule has 0 N–H and O–H groups in total. The summed E-state index contributed by atoms with van der Waals surface area (Å²) in [7, 11) is 0. The van der Waals surface area contributed by atoms with E-state index in [-0.39, 0.29) is 40.5 Å². The van der Waals surface area contributed by atoms with Crippen LogP contribution in [0.5, 0.6) is 0 Å². The standard InChI is InChI=1S/C62H79BN2/c1-59(2,3)44-26-32-50(33-27-44)64-55-37-31-49(62(9,10)46-24-18-13-19-25-46)41-53(55)63-52-40-48(60(4,5)6)30-36-54(52)65(57-39-43(38-56(64)58(57)63)42-20-14-11-15-21-42)51-34-28-47(29-35-51)61(7,8)45-22-16-12-17-23-45/h12-13,16,18,24,26-28,30-32,34-36,38-42,45,47,50,55H,11,14-15,17,19-23,25,29,33,37H2,1-10H3. The summed E-state index contributed by atoms with van der Waals surface area (Å²) in [5.74, 6) is 1.86. The molecule has 0 saturated heterocycles. The third-order valence-electron chi connectivity index (χ3n) is 17.9. The van der Waals surface area contributed by atoms with Crippen LogP contribution in [0.3, 0.4) is 0 Å². The van der Waals surface area contributed by atoms with Gasteiger partial charge in [-0.3, -0.25) is 0 Å². The molecule has 0 radical (unpaired) electrons. The van der Waals surface area contributed by atoms with Gasteiger partial charge < -0.3 is 9.80 Å². The molecule has 8 aliphatic rings. The summed E-state index contributed by atoms with van der Waals surface area (Å²) in [6.45, 7) is 24.6. The fourth-order valence-corrected chi connectivity index (χ4v) is 13.4. The topological polar surface area (TPSA) is 6.48 Å². The van der Waals surface area contributed by atoms with Crippen LogP contribution in [0.15, 0.2) is 137 Å². The summed E-state index contributed by atoms with van der Waals surface area (Å²) in [5.41, 5.74) is 18.2. The van der Waals surface area contributed by atoms with Gasteiger partial charge in [0, 0.05) is 34.2 Å². The first-order valence-corrected chi connectivity index (χ1v) is 26.1. The van der Waals surface area contributed by atoms with Crippen LogP contribution in [0.1, 0.15) is 170 Å². The minimum absolute atomic E-state index is 0.0317. The van der Waals surface area contributed by atoms with E-state index in [1.807, 2.05) is 0 Å². The molecule has 4 unspecified atom stereocenters. The number of rotatable bonds is 7. The van der Waals surface area contributed by atoms with Crippen molar-refractivity contribution in [3.8, 4) is 0 Å². The summed E-state index contributed by atoms with van der Waals surface area (Å²) in [6.07, 6.45) is 48.5. The maximum absolute atomic E-state index is 2.95. The van der Waals surface area contributed by atoms with Crippen molar-refractivity contribution >= 4 is 34.7 Å². The molecule has 4 atom stereocenters. The van der Waals surface area contributed by atoms with Gasteiger partial charge in [0.05, 0.1) is 6.04 Å². The van der Waals surface area contributed by atoms with Crippen LogP contribution >= 0.6 is 0 Å². The SMILES string of the molecule is CC(C)(C)C1=CCC(N2c3cc(C4CCCCC4)cc4c3B(C3=CC(C(C)(C)C5=CC=CCC5)=CCC32)c2cc(C(C)(C)C)ccc2N4C2=CCC(C(C)(C)C3CC=CCC3)C=C2)C=C1. The minimum atomic E-state index is -0.0384. The van der Waals surface area contributed by atoms with Crippen molar-refractivity contribution in [1.29, 1.82) is 0 Å². The molecule has 1 saturated carbocycles. The van der Waals surface area contributed by atoms with Crippen molar-refractivity contribution in [2.45, 2.75) is 176 Å². The highest BCUT2D eigenvalue weighted by molar-refractivity contribution is 6.95. The van der Waals surface area contributed by atoms with E-state index >= 15 is 0 Å². The quantitative estimate of drug-likeness (QED) is 0.202. The van der Waals surface area contributed by atoms with Crippen molar-refractivity contribution in [2.75, 3.05) is 9.80 Å². The maximum atomic E-state index is 2.95. The number of hydrogen-bond donors (Lipinski definition) is 0. The van der Waals surface area contributed by atoms with Gasteiger partial charge in [-0.05, 0) is 156 Å². The molecule has 340 valence electrons. The zero-order chi connectivity index (χ0) is 45.5. The lowest BCUT2D eigenvalue weighted by Gasteiger charge is -2.52. The molecular formula is C62H79BN2. The number of nitrogens with zero attached hydrogens (tertiary/aromatic N) is 2. The summed E-state index contributed by atoms with van der Waals surface area (Å²) < 4.78 is 0. The van der Waals surface area contributed by atoms with E-state index in [0.29, 0.717) is 11.8 Å². The van der Waals surface area contributed by atoms with Crippen molar-refractivity contribution < 1.29 is 0 Å². The molecule has 6 aliphatic carbocycles. The number of anilines is 3. The molecule has 2 nitrogen and oxygen atoms in total. The first kappa shape index (κ1) is 44.6. The number of fused-ring (bicyclic) bond motifs is 4. The number of benzene rings is 2. The fraction of sp³-hybridized carbons (Fsp3) is 0.516. The molecule has 3 heteroatoms. The largest absolute Gasteiger partial charge is 0.359 e. The summed E-state index contributed by atoms with van der Waals surface area (Å²) in [5, 5.41) is 0. The van der Waals surface area contributed by atoms with Crippen LogP contribution in [0.25, 0.3) is 0 Å². The monoisotopic (exact) mass is 863 g/mol. The lowest BCUT2D eigenvalue weighted by molar-refractivity contribution is 0.134. The predicted octanol–water partition coefficient (Wildman–Crippen LogP) is 15.5. The van der Waals surface area contributed by atoms with Gasteiger partial charge in [0.25, 0.3) is 0 Å². The molecule has 0 aromatic heterocycles. The normalized spacial score (nSPS) is 25.9. The second-order valence-corrected chi connectivity index (χ2v) is 24.6. The van der Waals surface area contributed by atoms with Gasteiger partial charge in [0.1, 0.15) is 0 Å². The molecule has 0 bridgehead atoms. The van der Waals surface area contributed by atoms with Crippen molar-refractivity contribution in [2.24, 2.45) is 28.1 Å². The average Bonchev–Trinajstić information content (AvgIpc) is 3.31. The van der Waals surface area contributed by atoms with Crippen LogP contribution in [-0.2, 0) is 5.41 Å². The van der Waals surface area contributed by atoms with Gasteiger partial charge in [0.15, 0.2) is 0 Å². The van der Waals surface area contributed by atoms with Gasteiger partial charge in [-0.15, -0.1) is 0 Å². The summed E-state index contributed by atoms with van der Waals surface area (Å²) in [4.78, 5) is 5.70. The highest BCUT2D eigenvalue weighted by Gasteiger charge is 2.50. The molecule has 10 rings (SSSR count). The zero-order valence-electron chi connectivity index (χ0n) is 41.9. The third kappa shape index (κ3) is 8.01. The number of allylic oxidation sites excluding steroid dienone is 13. The maximum Gasteiger partial charge on any atom is 0.247 e. The Balaban J connectivity index is 1.19. The van der Waals surface area contributed by atoms with E-state index in [1.54, 1.807) is 16.6 Å². The van der Waals surface area contributed by atoms with Crippen LogP contribution in [0.2, 0.25) is 0 Å². The third-order valence-corrected chi connectivity index (χ3v) is 17.9. The second-order valence-electron chi connectivity index (χ2n) is 24.6. The Labute approximate surface area is 395 Å². The molecule has 1 fully saturated rings. The lowest BCUT2D eigenvalue weighted by atomic mass is 9.31. The second kappa shape index (κ2) is 16.8. The van der Waals surface area contributed by atoms with Crippen LogP contribution in [0, 0.1) is 28.1 Å². The van der Waals surface area contributed by atoms with Crippen molar-refractivity contribution in [3.05, 3.63) is 148 Å². The average molecular weight is 863 g/mol. The fourth-order valence-electron chi connectivity index (χ4n) is 13.4. The number of hydrogen-bond acceptors (Lipinski definition) is 2. The van der Waals surface area contributed by atoms with Gasteiger partial charge in [0.2, 0.25) is 6.71 Å². The van der Waals surface area contributed by atoms with E-state index in [0.717, 1.165) is 38.0 Å². The van der Waals surface area contributed by atoms with Gasteiger partial charge in [-0.25, -0.2) is 0 Å². The molecule has 2 aliphatic heterocycles. The summed E-state index contributed by atoms with van der Waals surface area (Å²) >= 11 is 0. The van der Waals surface area contributed by atoms with E-state index in [4.69, 9.17) is 0 Å². The van der Waals surface area contributed by atoms with E-state index in [2.05, 4.69) is 188 Å². The molecule has 2 aromatic rings. The van der Waals surface area contributed by atoms with Crippen LogP contribution in [-0.4, -0.2) is 18.8 Å². The Bertz CT molecular complexity index is 2490. The molecule has 65 heavy (non-hydrogen) atoms. The highest BCUT2D eigenvalue weighted by Crippen LogP contribution is 2.51. The molecule has 0 spiro atoms. The Hall–Kier alpha value is -4.24. The van der Waals surface area contributed by atoms with Crippen LogP contribution < -0.4 is 20.7 Å². The molecule has 2 heterocycles. The Morgan fingerprint density at radius 1 is 0.662 bits per heavy atom. The molecular weight excluding hydrogens is 784 g/mol. The van der Waals surface area contributed by atoms with E-state index in [9.17, 15) is 0 Å². The van der Waals surface area contributed by atoms with Gasteiger partial charge >= 0.3 is 0 Å². The Morgan fingerprint density at radius 3 is 2.11 bits per heavy atom. The highest BCUT2D eigenvalue weighted by atomic mass is 15.2.